The maximum absolute atomic E-state index is 13.6. The quantitative estimate of drug-likeness (QED) is 0.367. The van der Waals surface area contributed by atoms with Crippen LogP contribution in [0.5, 0.6) is 0 Å². The van der Waals surface area contributed by atoms with Crippen LogP contribution in [0.15, 0.2) is 76.5 Å². The molecular formula is C22H17F2N3O6S. The lowest BCUT2D eigenvalue weighted by atomic mass is 10.2. The summed E-state index contributed by atoms with van der Waals surface area (Å²) in [5.41, 5.74) is -0.300. The van der Waals surface area contributed by atoms with E-state index in [4.69, 9.17) is 0 Å². The molecule has 0 radical (unpaired) electrons. The summed E-state index contributed by atoms with van der Waals surface area (Å²) in [4.78, 5) is 33.9. The van der Waals surface area contributed by atoms with Gasteiger partial charge in [0.1, 0.15) is 11.6 Å². The number of rotatable bonds is 8. The summed E-state index contributed by atoms with van der Waals surface area (Å²) in [6, 6.07) is 12.2. The number of nitrogens with one attached hydrogen (secondary N) is 2. The average Bonchev–Trinajstić information content (AvgIpc) is 2.79. The number of anilines is 1. The Morgan fingerprint density at radius 2 is 1.50 bits per heavy atom. The maximum atomic E-state index is 13.6. The first kappa shape index (κ1) is 24.5. The Morgan fingerprint density at radius 3 is 2.06 bits per heavy atom. The molecule has 3 rings (SSSR count). The lowest BCUT2D eigenvalue weighted by molar-refractivity contribution is -0.384. The molecule has 2 N–H and O–H groups in total. The highest BCUT2D eigenvalue weighted by atomic mass is 32.2. The van der Waals surface area contributed by atoms with Gasteiger partial charge in [-0.15, -0.1) is 0 Å². The number of carbonyl (C=O) groups is 2. The molecule has 3 aromatic rings. The second-order valence-corrected chi connectivity index (χ2v) is 8.91. The third-order valence-corrected chi connectivity index (χ3v) is 6.41. The Kier molecular flexibility index (Phi) is 7.31. The van der Waals surface area contributed by atoms with Gasteiger partial charge in [-0.05, 0) is 48.5 Å². The number of hydrogen-bond donors (Lipinski definition) is 2. The van der Waals surface area contributed by atoms with Crippen LogP contribution in [-0.2, 0) is 14.6 Å². The van der Waals surface area contributed by atoms with Gasteiger partial charge in [-0.2, -0.15) is 0 Å². The first-order chi connectivity index (χ1) is 16.1. The van der Waals surface area contributed by atoms with E-state index in [1.807, 2.05) is 0 Å². The molecule has 3 aromatic carbocycles. The predicted molar refractivity (Wildman–Crippen MR) is 117 cm³/mol. The summed E-state index contributed by atoms with van der Waals surface area (Å²) in [6.07, 6.45) is -0.155. The van der Waals surface area contributed by atoms with Crippen LogP contribution >= 0.6 is 0 Å². The molecule has 0 aliphatic rings. The maximum Gasteiger partial charge on any atom is 0.269 e. The van der Waals surface area contributed by atoms with E-state index in [0.717, 1.165) is 36.4 Å². The van der Waals surface area contributed by atoms with Gasteiger partial charge in [0.2, 0.25) is 15.7 Å². The number of sulfone groups is 1. The van der Waals surface area contributed by atoms with Gasteiger partial charge in [-0.1, -0.05) is 0 Å². The molecule has 34 heavy (non-hydrogen) atoms. The molecule has 2 amide bonds. The Labute approximate surface area is 192 Å². The molecule has 0 heterocycles. The van der Waals surface area contributed by atoms with Gasteiger partial charge in [0.25, 0.3) is 11.6 Å². The second kappa shape index (κ2) is 10.2. The Bertz CT molecular complexity index is 1340. The minimum atomic E-state index is -3.92. The van der Waals surface area contributed by atoms with Crippen LogP contribution in [-0.4, -0.2) is 31.7 Å². The van der Waals surface area contributed by atoms with Crippen LogP contribution in [0.3, 0.4) is 0 Å². The number of benzene rings is 3. The van der Waals surface area contributed by atoms with Gasteiger partial charge in [0, 0.05) is 36.9 Å². The summed E-state index contributed by atoms with van der Waals surface area (Å²) in [5, 5.41) is 15.6. The Hall–Kier alpha value is -4.19. The zero-order chi connectivity index (χ0) is 24.9. The molecule has 0 atom stereocenters. The fourth-order valence-corrected chi connectivity index (χ4v) is 4.14. The van der Waals surface area contributed by atoms with Gasteiger partial charge >= 0.3 is 0 Å². The number of non-ortho nitro benzene ring substituents is 1. The van der Waals surface area contributed by atoms with Crippen LogP contribution in [0.1, 0.15) is 16.8 Å². The van der Waals surface area contributed by atoms with Crippen LogP contribution < -0.4 is 10.6 Å². The standard InChI is InChI=1S/C22H17F2N3O6S/c23-14-1-10-19(20(24)13-14)22(29)25-12-11-21(28)26-15-2-6-17(7-3-15)34(32,33)18-8-4-16(5-9-18)27(30)31/h1-10,13H,11-12H2,(H,25,29)(H,26,28). The van der Waals surface area contributed by atoms with E-state index in [1.165, 1.54) is 24.3 Å². The first-order valence-corrected chi connectivity index (χ1v) is 11.2. The Morgan fingerprint density at radius 1 is 0.912 bits per heavy atom. The monoisotopic (exact) mass is 489 g/mol. The molecule has 0 aliphatic carbocycles. The molecular weight excluding hydrogens is 472 g/mol. The molecule has 0 unspecified atom stereocenters. The van der Waals surface area contributed by atoms with Crippen molar-refractivity contribution in [3.8, 4) is 0 Å². The lowest BCUT2D eigenvalue weighted by Gasteiger charge is -2.09. The van der Waals surface area contributed by atoms with Crippen molar-refractivity contribution in [2.24, 2.45) is 0 Å². The zero-order valence-electron chi connectivity index (χ0n) is 17.3. The summed E-state index contributed by atoms with van der Waals surface area (Å²) in [5.74, 6) is -3.14. The van der Waals surface area contributed by atoms with Crippen LogP contribution in [0, 0.1) is 21.7 Å². The third-order valence-electron chi connectivity index (χ3n) is 4.62. The summed E-state index contributed by atoms with van der Waals surface area (Å²) in [6.45, 7) is -0.117. The number of nitrogens with zero attached hydrogens (tertiary/aromatic N) is 1. The van der Waals surface area contributed by atoms with Crippen molar-refractivity contribution < 1.29 is 31.7 Å². The first-order valence-electron chi connectivity index (χ1n) is 9.70. The van der Waals surface area contributed by atoms with Crippen molar-refractivity contribution in [2.75, 3.05) is 11.9 Å². The number of amides is 2. The van der Waals surface area contributed by atoms with E-state index in [1.54, 1.807) is 0 Å². The largest absolute Gasteiger partial charge is 0.351 e. The summed E-state index contributed by atoms with van der Waals surface area (Å²) in [7, 11) is -3.92. The molecule has 0 saturated heterocycles. The van der Waals surface area contributed by atoms with E-state index < -0.39 is 38.2 Å². The molecule has 9 nitrogen and oxygen atoms in total. The second-order valence-electron chi connectivity index (χ2n) is 6.96. The van der Waals surface area contributed by atoms with Gasteiger partial charge in [-0.3, -0.25) is 19.7 Å². The number of halogens is 2. The van der Waals surface area contributed by atoms with Gasteiger partial charge < -0.3 is 10.6 Å². The topological polar surface area (TPSA) is 135 Å². The fraction of sp³-hybridized carbons (Fsp3) is 0.0909. The van der Waals surface area contributed by atoms with Crippen molar-refractivity contribution in [1.29, 1.82) is 0 Å². The molecule has 0 aliphatic heterocycles. The minimum Gasteiger partial charge on any atom is -0.351 e. The normalized spacial score (nSPS) is 11.0. The number of nitro benzene ring substituents is 1. The average molecular weight is 489 g/mol. The van der Waals surface area contributed by atoms with Crippen LogP contribution in [0.4, 0.5) is 20.2 Å². The molecule has 0 saturated carbocycles. The molecule has 0 fully saturated rings. The van der Waals surface area contributed by atoms with E-state index in [0.29, 0.717) is 11.8 Å². The van der Waals surface area contributed by atoms with E-state index in [-0.39, 0.29) is 34.0 Å². The van der Waals surface area contributed by atoms with Crippen molar-refractivity contribution in [3.05, 3.63) is 94.0 Å². The van der Waals surface area contributed by atoms with Crippen molar-refractivity contribution >= 4 is 33.0 Å². The SMILES string of the molecule is O=C(CCNC(=O)c1ccc(F)cc1F)Nc1ccc(S(=O)(=O)c2ccc([N+](=O)[O-])cc2)cc1. The minimum absolute atomic E-state index is 0.0760. The Balaban J connectivity index is 1.56. The van der Waals surface area contributed by atoms with Crippen molar-refractivity contribution in [1.82, 2.24) is 5.32 Å². The van der Waals surface area contributed by atoms with Gasteiger partial charge in [0.15, 0.2) is 0 Å². The smallest absolute Gasteiger partial charge is 0.269 e. The van der Waals surface area contributed by atoms with Gasteiger partial charge in [0.05, 0.1) is 20.3 Å². The third kappa shape index (κ3) is 5.78. The van der Waals surface area contributed by atoms with E-state index in [2.05, 4.69) is 10.6 Å². The van der Waals surface area contributed by atoms with E-state index in [9.17, 15) is 36.9 Å². The number of hydrogen-bond acceptors (Lipinski definition) is 6. The van der Waals surface area contributed by atoms with Crippen LogP contribution in [0.2, 0.25) is 0 Å². The highest BCUT2D eigenvalue weighted by Gasteiger charge is 2.19. The van der Waals surface area contributed by atoms with E-state index >= 15 is 0 Å². The molecule has 0 bridgehead atoms. The van der Waals surface area contributed by atoms with Gasteiger partial charge in [-0.25, -0.2) is 17.2 Å². The van der Waals surface area contributed by atoms with Crippen LogP contribution in [0.25, 0.3) is 0 Å². The molecule has 0 aromatic heterocycles. The fourth-order valence-electron chi connectivity index (χ4n) is 2.88. The summed E-state index contributed by atoms with van der Waals surface area (Å²) < 4.78 is 51.8. The summed E-state index contributed by atoms with van der Waals surface area (Å²) >= 11 is 0. The predicted octanol–water partition coefficient (Wildman–Crippen LogP) is 3.46. The molecule has 0 spiro atoms. The highest BCUT2D eigenvalue weighted by Crippen LogP contribution is 2.24. The molecule has 176 valence electrons. The zero-order valence-corrected chi connectivity index (χ0v) is 18.1. The van der Waals surface area contributed by atoms with Crippen molar-refractivity contribution in [3.63, 3.8) is 0 Å². The highest BCUT2D eigenvalue weighted by molar-refractivity contribution is 7.91. The van der Waals surface area contributed by atoms with Crippen molar-refractivity contribution in [2.45, 2.75) is 16.2 Å². The number of carbonyl (C=O) groups excluding carboxylic acids is 2. The lowest BCUT2D eigenvalue weighted by Crippen LogP contribution is -2.28. The number of nitro groups is 1. The molecule has 12 heteroatoms.